The van der Waals surface area contributed by atoms with Crippen LogP contribution in [0.1, 0.15) is 25.2 Å². The molecule has 1 atom stereocenters. The number of aliphatic carboxylic acids is 1. The van der Waals surface area contributed by atoms with Crippen LogP contribution in [0.5, 0.6) is 0 Å². The zero-order valence-electron chi connectivity index (χ0n) is 12.3. The highest BCUT2D eigenvalue weighted by atomic mass is 16.5. The van der Waals surface area contributed by atoms with Gasteiger partial charge >= 0.3 is 5.97 Å². The van der Waals surface area contributed by atoms with Crippen molar-refractivity contribution in [3.8, 4) is 11.4 Å². The van der Waals surface area contributed by atoms with Gasteiger partial charge in [0.2, 0.25) is 11.7 Å². The first-order valence-corrected chi connectivity index (χ1v) is 7.59. The quantitative estimate of drug-likeness (QED) is 0.881. The Labute approximate surface area is 128 Å². The molecule has 22 heavy (non-hydrogen) atoms. The molecule has 1 aliphatic rings. The normalized spacial score (nSPS) is 18.6. The first kappa shape index (κ1) is 14.7. The van der Waals surface area contributed by atoms with Gasteiger partial charge in [-0.1, -0.05) is 35.5 Å². The number of carboxylic acids is 1. The van der Waals surface area contributed by atoms with Crippen molar-refractivity contribution < 1.29 is 14.4 Å². The van der Waals surface area contributed by atoms with Crippen LogP contribution in [-0.4, -0.2) is 45.2 Å². The lowest BCUT2D eigenvalue weighted by Crippen LogP contribution is -2.36. The number of likely N-dealkylation sites (tertiary alicyclic amines) is 1. The standard InChI is InChI=1S/C16H19N3O3/c20-16(21)13-8-4-10-19(13)11-5-9-14-17-15(18-22-14)12-6-2-1-3-7-12/h1-3,6-7,13H,4-5,8-11H2,(H,20,21)/t13-/m0/s1. The summed E-state index contributed by atoms with van der Waals surface area (Å²) in [7, 11) is 0. The number of carbonyl (C=O) groups is 1. The van der Waals surface area contributed by atoms with Crippen LogP contribution in [0.25, 0.3) is 11.4 Å². The van der Waals surface area contributed by atoms with Crippen LogP contribution in [0.3, 0.4) is 0 Å². The van der Waals surface area contributed by atoms with Gasteiger partial charge in [-0.05, 0) is 32.4 Å². The van der Waals surface area contributed by atoms with Gasteiger partial charge in [-0.3, -0.25) is 9.69 Å². The molecule has 2 aromatic rings. The van der Waals surface area contributed by atoms with Gasteiger partial charge in [-0.2, -0.15) is 4.98 Å². The average Bonchev–Trinajstić information content (AvgIpc) is 3.17. The summed E-state index contributed by atoms with van der Waals surface area (Å²) in [6, 6.07) is 9.37. The van der Waals surface area contributed by atoms with E-state index in [2.05, 4.69) is 10.1 Å². The summed E-state index contributed by atoms with van der Waals surface area (Å²) in [5.74, 6) is 0.478. The zero-order valence-corrected chi connectivity index (χ0v) is 12.3. The summed E-state index contributed by atoms with van der Waals surface area (Å²) in [6.07, 6.45) is 3.19. The van der Waals surface area contributed by atoms with Gasteiger partial charge in [0.05, 0.1) is 0 Å². The van der Waals surface area contributed by atoms with Crippen LogP contribution in [0.15, 0.2) is 34.9 Å². The Morgan fingerprint density at radius 3 is 2.95 bits per heavy atom. The SMILES string of the molecule is O=C(O)[C@@H]1CCCN1CCCc1nc(-c2ccccc2)no1. The van der Waals surface area contributed by atoms with Crippen LogP contribution < -0.4 is 0 Å². The molecule has 1 aliphatic heterocycles. The number of rotatable bonds is 6. The van der Waals surface area contributed by atoms with Crippen LogP contribution in [0.2, 0.25) is 0 Å². The van der Waals surface area contributed by atoms with E-state index in [0.717, 1.165) is 37.9 Å². The number of nitrogens with zero attached hydrogens (tertiary/aromatic N) is 3. The van der Waals surface area contributed by atoms with E-state index in [4.69, 9.17) is 9.63 Å². The average molecular weight is 301 g/mol. The molecule has 6 nitrogen and oxygen atoms in total. The lowest BCUT2D eigenvalue weighted by Gasteiger charge is -2.20. The largest absolute Gasteiger partial charge is 0.480 e. The Kier molecular flexibility index (Phi) is 4.48. The van der Waals surface area contributed by atoms with Gasteiger partial charge in [0.15, 0.2) is 0 Å². The molecule has 0 amide bonds. The summed E-state index contributed by atoms with van der Waals surface area (Å²) in [4.78, 5) is 17.5. The molecule has 1 saturated heterocycles. The summed E-state index contributed by atoms with van der Waals surface area (Å²) in [6.45, 7) is 1.61. The highest BCUT2D eigenvalue weighted by Crippen LogP contribution is 2.19. The van der Waals surface area contributed by atoms with E-state index in [1.165, 1.54) is 0 Å². The highest BCUT2D eigenvalue weighted by Gasteiger charge is 2.29. The molecule has 0 aliphatic carbocycles. The molecule has 0 saturated carbocycles. The minimum Gasteiger partial charge on any atom is -0.480 e. The minimum absolute atomic E-state index is 0.331. The number of aromatic nitrogens is 2. The molecule has 1 fully saturated rings. The molecule has 116 valence electrons. The molecule has 0 unspecified atom stereocenters. The number of hydrogen-bond donors (Lipinski definition) is 1. The van der Waals surface area contributed by atoms with E-state index < -0.39 is 5.97 Å². The molecule has 2 heterocycles. The van der Waals surface area contributed by atoms with Crippen molar-refractivity contribution in [1.82, 2.24) is 15.0 Å². The van der Waals surface area contributed by atoms with E-state index >= 15 is 0 Å². The molecule has 0 bridgehead atoms. The Morgan fingerprint density at radius 2 is 2.18 bits per heavy atom. The molecule has 0 radical (unpaired) electrons. The molecule has 6 heteroatoms. The summed E-state index contributed by atoms with van der Waals surface area (Å²) in [5.41, 5.74) is 0.933. The number of carboxylic acid groups (broad SMARTS) is 1. The van der Waals surface area contributed by atoms with Crippen molar-refractivity contribution in [1.29, 1.82) is 0 Å². The first-order chi connectivity index (χ1) is 10.7. The first-order valence-electron chi connectivity index (χ1n) is 7.59. The second-order valence-electron chi connectivity index (χ2n) is 5.51. The maximum atomic E-state index is 11.1. The van der Waals surface area contributed by atoms with E-state index in [1.54, 1.807) is 0 Å². The van der Waals surface area contributed by atoms with Crippen molar-refractivity contribution in [3.63, 3.8) is 0 Å². The van der Waals surface area contributed by atoms with Crippen LogP contribution in [-0.2, 0) is 11.2 Å². The Bertz CT molecular complexity index is 627. The third-order valence-corrected chi connectivity index (χ3v) is 3.98. The van der Waals surface area contributed by atoms with E-state index in [9.17, 15) is 4.79 Å². The number of aryl methyl sites for hydroxylation is 1. The van der Waals surface area contributed by atoms with E-state index in [0.29, 0.717) is 18.1 Å². The Morgan fingerprint density at radius 1 is 1.36 bits per heavy atom. The van der Waals surface area contributed by atoms with Gasteiger partial charge in [0.25, 0.3) is 0 Å². The predicted molar refractivity (Wildman–Crippen MR) is 80.3 cm³/mol. The molecule has 3 rings (SSSR count). The molecule has 0 spiro atoms. The molecular formula is C16H19N3O3. The fourth-order valence-corrected chi connectivity index (χ4v) is 2.87. The third-order valence-electron chi connectivity index (χ3n) is 3.98. The Hall–Kier alpha value is -2.21. The van der Waals surface area contributed by atoms with Crippen LogP contribution >= 0.6 is 0 Å². The lowest BCUT2D eigenvalue weighted by molar-refractivity contribution is -0.142. The van der Waals surface area contributed by atoms with Gasteiger partial charge in [0.1, 0.15) is 6.04 Å². The summed E-state index contributed by atoms with van der Waals surface area (Å²) in [5, 5.41) is 13.1. The fourth-order valence-electron chi connectivity index (χ4n) is 2.87. The van der Waals surface area contributed by atoms with Crippen molar-refractivity contribution in [2.45, 2.75) is 31.7 Å². The fraction of sp³-hybridized carbons (Fsp3) is 0.438. The van der Waals surface area contributed by atoms with E-state index in [-0.39, 0.29) is 6.04 Å². The summed E-state index contributed by atoms with van der Waals surface area (Å²) < 4.78 is 5.26. The predicted octanol–water partition coefficient (Wildman–Crippen LogP) is 2.22. The third kappa shape index (κ3) is 3.33. The highest BCUT2D eigenvalue weighted by molar-refractivity contribution is 5.73. The van der Waals surface area contributed by atoms with Crippen LogP contribution in [0, 0.1) is 0 Å². The van der Waals surface area contributed by atoms with Crippen molar-refractivity contribution in [2.24, 2.45) is 0 Å². The smallest absolute Gasteiger partial charge is 0.320 e. The van der Waals surface area contributed by atoms with Gasteiger partial charge in [-0.25, -0.2) is 0 Å². The van der Waals surface area contributed by atoms with Crippen molar-refractivity contribution in [2.75, 3.05) is 13.1 Å². The minimum atomic E-state index is -0.721. The van der Waals surface area contributed by atoms with Gasteiger partial charge in [0, 0.05) is 12.0 Å². The molecule has 1 aromatic heterocycles. The zero-order chi connectivity index (χ0) is 15.4. The maximum absolute atomic E-state index is 11.1. The maximum Gasteiger partial charge on any atom is 0.320 e. The molecule has 1 N–H and O–H groups in total. The number of hydrogen-bond acceptors (Lipinski definition) is 5. The van der Waals surface area contributed by atoms with Gasteiger partial charge < -0.3 is 9.63 Å². The van der Waals surface area contributed by atoms with Crippen molar-refractivity contribution >= 4 is 5.97 Å². The second kappa shape index (κ2) is 6.70. The monoisotopic (exact) mass is 301 g/mol. The second-order valence-corrected chi connectivity index (χ2v) is 5.51. The Balaban J connectivity index is 1.52. The van der Waals surface area contributed by atoms with Crippen molar-refractivity contribution in [3.05, 3.63) is 36.2 Å². The van der Waals surface area contributed by atoms with E-state index in [1.807, 2.05) is 35.2 Å². The summed E-state index contributed by atoms with van der Waals surface area (Å²) >= 11 is 0. The topological polar surface area (TPSA) is 79.5 Å². The molecule has 1 aromatic carbocycles. The van der Waals surface area contributed by atoms with Gasteiger partial charge in [-0.15, -0.1) is 0 Å². The number of benzene rings is 1. The lowest BCUT2D eigenvalue weighted by atomic mass is 10.2. The molecular weight excluding hydrogens is 282 g/mol. The van der Waals surface area contributed by atoms with Crippen LogP contribution in [0.4, 0.5) is 0 Å².